The number of hydrogen-bond acceptors (Lipinski definition) is 2. The Morgan fingerprint density at radius 3 is 1.96 bits per heavy atom. The second-order valence-corrected chi connectivity index (χ2v) is 16.6. The van der Waals surface area contributed by atoms with Crippen molar-refractivity contribution < 1.29 is 0 Å². The minimum atomic E-state index is -0.126. The summed E-state index contributed by atoms with van der Waals surface area (Å²) in [7, 11) is 0. The summed E-state index contributed by atoms with van der Waals surface area (Å²) < 4.78 is 0. The summed E-state index contributed by atoms with van der Waals surface area (Å²) >= 11 is 0. The highest BCUT2D eigenvalue weighted by Crippen LogP contribution is 2.54. The molecule has 0 spiro atoms. The molecule has 1 N–H and O–H groups in total. The zero-order valence-corrected chi connectivity index (χ0v) is 32.9. The highest BCUT2D eigenvalue weighted by molar-refractivity contribution is 6.23. The van der Waals surface area contributed by atoms with Crippen LogP contribution in [-0.4, -0.2) is 0 Å². The van der Waals surface area contributed by atoms with Crippen LogP contribution in [-0.2, 0) is 5.41 Å². The largest absolute Gasteiger partial charge is 0.358 e. The lowest BCUT2D eigenvalue weighted by Crippen LogP contribution is -2.16. The first-order chi connectivity index (χ1) is 26.7. The first-order valence-corrected chi connectivity index (χ1v) is 20.0. The summed E-state index contributed by atoms with van der Waals surface area (Å²) in [6.07, 6.45) is 6.75. The fourth-order valence-electron chi connectivity index (χ4n) is 8.99. The Kier molecular flexibility index (Phi) is 8.73. The summed E-state index contributed by atoms with van der Waals surface area (Å²) in [6, 6.07) is 52.1. The van der Waals surface area contributed by atoms with Crippen molar-refractivity contribution in [2.75, 3.05) is 10.2 Å². The Hall–Kier alpha value is -5.86. The topological polar surface area (TPSA) is 15.3 Å². The predicted molar refractivity (Wildman–Crippen MR) is 237 cm³/mol. The zero-order valence-electron chi connectivity index (χ0n) is 32.9. The number of hydrogen-bond donors (Lipinski definition) is 1. The first kappa shape index (κ1) is 34.9. The number of nitrogens with one attached hydrogen (secondary N) is 1. The Bertz CT molecular complexity index is 2640. The molecule has 0 unspecified atom stereocenters. The zero-order chi connectivity index (χ0) is 37.8. The number of benzene rings is 7. The highest BCUT2D eigenvalue weighted by Gasteiger charge is 2.36. The molecular weight excluding hydrogens is 665 g/mol. The minimum absolute atomic E-state index is 0.126. The van der Waals surface area contributed by atoms with E-state index in [4.69, 9.17) is 0 Å². The maximum absolute atomic E-state index is 4.06. The summed E-state index contributed by atoms with van der Waals surface area (Å²) in [5.41, 5.74) is 16.5. The van der Waals surface area contributed by atoms with Gasteiger partial charge >= 0.3 is 0 Å². The van der Waals surface area contributed by atoms with Crippen molar-refractivity contribution in [2.45, 2.75) is 65.7 Å². The standard InChI is InChI=1S/C53H50N2/c1-34(2)36-23-27-40(28-24-36)54-51-44-20-10-11-21-45(44)52(48-32-46-43-19-12-13-22-49(43)53(5,6)50(46)33-47(48)51)55(41-29-25-37(26-30-41)35(3)4)42-18-14-17-39(31-42)38-15-8-7-9-16-38/h7-23,25-27,29-35,54H,24,28H2,1-6H3. The van der Waals surface area contributed by atoms with Crippen molar-refractivity contribution in [1.82, 2.24) is 0 Å². The van der Waals surface area contributed by atoms with Crippen LogP contribution in [0.25, 0.3) is 43.8 Å². The van der Waals surface area contributed by atoms with E-state index in [2.05, 4.69) is 203 Å². The second kappa shape index (κ2) is 13.8. The molecule has 272 valence electrons. The quantitative estimate of drug-likeness (QED) is 0.125. The van der Waals surface area contributed by atoms with E-state index in [0.29, 0.717) is 11.8 Å². The van der Waals surface area contributed by atoms with E-state index < -0.39 is 0 Å². The average Bonchev–Trinajstić information content (AvgIpc) is 3.44. The van der Waals surface area contributed by atoms with Gasteiger partial charge in [-0.05, 0) is 106 Å². The third-order valence-corrected chi connectivity index (χ3v) is 12.2. The molecule has 0 fully saturated rings. The second-order valence-electron chi connectivity index (χ2n) is 16.6. The van der Waals surface area contributed by atoms with Crippen LogP contribution in [0.5, 0.6) is 0 Å². The number of nitrogens with zero attached hydrogens (tertiary/aromatic N) is 1. The molecule has 55 heavy (non-hydrogen) atoms. The van der Waals surface area contributed by atoms with Crippen molar-refractivity contribution in [1.29, 1.82) is 0 Å². The molecule has 0 saturated heterocycles. The predicted octanol–water partition coefficient (Wildman–Crippen LogP) is 15.2. The van der Waals surface area contributed by atoms with E-state index in [1.165, 1.54) is 83.1 Å². The van der Waals surface area contributed by atoms with Gasteiger partial charge in [0.15, 0.2) is 0 Å². The lowest BCUT2D eigenvalue weighted by atomic mass is 9.81. The first-order valence-electron chi connectivity index (χ1n) is 20.0. The smallest absolute Gasteiger partial charge is 0.0620 e. The fourth-order valence-corrected chi connectivity index (χ4v) is 8.99. The molecule has 2 heteroatoms. The van der Waals surface area contributed by atoms with Crippen LogP contribution < -0.4 is 10.2 Å². The van der Waals surface area contributed by atoms with Gasteiger partial charge in [0.05, 0.1) is 11.4 Å². The van der Waals surface area contributed by atoms with Crippen molar-refractivity contribution in [3.05, 3.63) is 180 Å². The van der Waals surface area contributed by atoms with Gasteiger partial charge in [-0.3, -0.25) is 0 Å². The van der Waals surface area contributed by atoms with Gasteiger partial charge < -0.3 is 10.2 Å². The molecule has 0 heterocycles. The van der Waals surface area contributed by atoms with Crippen LogP contribution in [0.2, 0.25) is 0 Å². The van der Waals surface area contributed by atoms with Crippen molar-refractivity contribution in [2.24, 2.45) is 5.92 Å². The molecule has 7 aromatic carbocycles. The van der Waals surface area contributed by atoms with Crippen LogP contribution >= 0.6 is 0 Å². The third kappa shape index (κ3) is 6.05. The Morgan fingerprint density at radius 1 is 0.527 bits per heavy atom. The molecule has 0 aliphatic heterocycles. The number of rotatable bonds is 8. The summed E-state index contributed by atoms with van der Waals surface area (Å²) in [4.78, 5) is 2.51. The van der Waals surface area contributed by atoms with E-state index in [1.807, 2.05) is 0 Å². The number of allylic oxidation sites excluding steroid dienone is 4. The normalized spacial score (nSPS) is 14.5. The highest BCUT2D eigenvalue weighted by atomic mass is 15.1. The van der Waals surface area contributed by atoms with Crippen molar-refractivity contribution >= 4 is 44.3 Å². The Balaban J connectivity index is 1.37. The molecule has 0 radical (unpaired) electrons. The summed E-state index contributed by atoms with van der Waals surface area (Å²) in [5.74, 6) is 1.01. The maximum Gasteiger partial charge on any atom is 0.0620 e. The molecule has 2 nitrogen and oxygen atoms in total. The summed E-state index contributed by atoms with van der Waals surface area (Å²) in [5, 5.41) is 8.98. The Labute approximate surface area is 326 Å². The fraction of sp³-hybridized carbons (Fsp3) is 0.208. The van der Waals surface area contributed by atoms with Gasteiger partial charge in [0.25, 0.3) is 0 Å². The summed E-state index contributed by atoms with van der Waals surface area (Å²) in [6.45, 7) is 13.9. The molecule has 0 amide bonds. The molecule has 0 bridgehead atoms. The SMILES string of the molecule is CC(C)C1=CC=C(Nc2c3ccccc3c(N(c3ccc(C(C)C)cc3)c3cccc(-c4ccccc4)c3)c3cc4c(cc23)C(C)(C)c2ccccc2-4)CC1. The molecule has 2 aliphatic rings. The Morgan fingerprint density at radius 2 is 1.24 bits per heavy atom. The van der Waals surface area contributed by atoms with Crippen LogP contribution in [0.3, 0.4) is 0 Å². The lowest BCUT2D eigenvalue weighted by Gasteiger charge is -2.31. The molecule has 0 atom stereocenters. The van der Waals surface area contributed by atoms with Gasteiger partial charge in [-0.25, -0.2) is 0 Å². The van der Waals surface area contributed by atoms with Gasteiger partial charge in [0.2, 0.25) is 0 Å². The maximum atomic E-state index is 4.06. The van der Waals surface area contributed by atoms with Crippen LogP contribution in [0.1, 0.15) is 77.0 Å². The molecule has 0 aromatic heterocycles. The minimum Gasteiger partial charge on any atom is -0.358 e. The van der Waals surface area contributed by atoms with Gasteiger partial charge in [0.1, 0.15) is 0 Å². The average molecular weight is 715 g/mol. The van der Waals surface area contributed by atoms with E-state index in [1.54, 1.807) is 0 Å². The molecule has 9 rings (SSSR count). The van der Waals surface area contributed by atoms with Gasteiger partial charge in [-0.2, -0.15) is 0 Å². The van der Waals surface area contributed by atoms with Crippen LogP contribution in [0.4, 0.5) is 22.7 Å². The van der Waals surface area contributed by atoms with Crippen LogP contribution in [0.15, 0.2) is 163 Å². The molecular formula is C53H50N2. The van der Waals surface area contributed by atoms with Crippen molar-refractivity contribution in [3.8, 4) is 22.3 Å². The number of fused-ring (bicyclic) bond motifs is 5. The molecule has 0 saturated carbocycles. The molecule has 7 aromatic rings. The third-order valence-electron chi connectivity index (χ3n) is 12.2. The lowest BCUT2D eigenvalue weighted by molar-refractivity contribution is 0.661. The van der Waals surface area contributed by atoms with E-state index >= 15 is 0 Å². The molecule has 2 aliphatic carbocycles. The van der Waals surface area contributed by atoms with Crippen LogP contribution in [0, 0.1) is 5.92 Å². The van der Waals surface area contributed by atoms with Crippen molar-refractivity contribution in [3.63, 3.8) is 0 Å². The van der Waals surface area contributed by atoms with Gasteiger partial charge in [0, 0.05) is 44.0 Å². The monoisotopic (exact) mass is 714 g/mol. The van der Waals surface area contributed by atoms with Gasteiger partial charge in [-0.15, -0.1) is 0 Å². The van der Waals surface area contributed by atoms with E-state index in [0.717, 1.165) is 24.2 Å². The number of anilines is 4. The van der Waals surface area contributed by atoms with E-state index in [-0.39, 0.29) is 5.41 Å². The van der Waals surface area contributed by atoms with Gasteiger partial charge in [-0.1, -0.05) is 156 Å². The van der Waals surface area contributed by atoms with E-state index in [9.17, 15) is 0 Å².